The van der Waals surface area contributed by atoms with Crippen LogP contribution in [0.15, 0.2) is 60.7 Å². The molecule has 1 fully saturated rings. The van der Waals surface area contributed by atoms with Crippen LogP contribution in [0.2, 0.25) is 0 Å². The number of nitrogens with one attached hydrogen (secondary N) is 1. The molecule has 0 saturated carbocycles. The van der Waals surface area contributed by atoms with Crippen molar-refractivity contribution < 1.29 is 5.11 Å². The van der Waals surface area contributed by atoms with Gasteiger partial charge in [-0.1, -0.05) is 60.7 Å². The molecule has 112 valence electrons. The van der Waals surface area contributed by atoms with Gasteiger partial charge in [0, 0.05) is 6.04 Å². The van der Waals surface area contributed by atoms with E-state index in [4.69, 9.17) is 0 Å². The zero-order valence-electron chi connectivity index (χ0n) is 12.0. The van der Waals surface area contributed by atoms with Gasteiger partial charge in [-0.15, -0.1) is 12.4 Å². The van der Waals surface area contributed by atoms with Crippen molar-refractivity contribution >= 4 is 12.4 Å². The molecule has 2 aromatic carbocycles. The molecule has 2 unspecified atom stereocenters. The first-order valence-corrected chi connectivity index (χ1v) is 7.34. The second-order valence-electron chi connectivity index (χ2n) is 5.59. The molecule has 3 rings (SSSR count). The number of hydrogen-bond acceptors (Lipinski definition) is 2. The van der Waals surface area contributed by atoms with E-state index < -0.39 is 5.60 Å². The fraction of sp³-hybridized carbons (Fsp3) is 0.333. The molecule has 21 heavy (non-hydrogen) atoms. The lowest BCUT2D eigenvalue weighted by Crippen LogP contribution is -2.53. The normalized spacial score (nSPS) is 25.1. The first-order chi connectivity index (χ1) is 9.79. The molecule has 0 amide bonds. The molecular weight excluding hydrogens is 282 g/mol. The lowest BCUT2D eigenvalue weighted by molar-refractivity contribution is -0.0287. The lowest BCUT2D eigenvalue weighted by Gasteiger charge is -2.41. The van der Waals surface area contributed by atoms with Gasteiger partial charge in [0.25, 0.3) is 0 Å². The van der Waals surface area contributed by atoms with Crippen molar-refractivity contribution in [3.63, 3.8) is 0 Å². The second kappa shape index (κ2) is 7.08. The fourth-order valence-corrected chi connectivity index (χ4v) is 3.14. The monoisotopic (exact) mass is 303 g/mol. The summed E-state index contributed by atoms with van der Waals surface area (Å²) in [5.41, 5.74) is 1.52. The summed E-state index contributed by atoms with van der Waals surface area (Å²) in [6.45, 7) is 0.979. The largest absolute Gasteiger partial charge is 0.384 e. The number of piperidine rings is 1. The van der Waals surface area contributed by atoms with Crippen LogP contribution in [0, 0.1) is 0 Å². The Morgan fingerprint density at radius 2 is 1.62 bits per heavy atom. The molecule has 0 aromatic heterocycles. The van der Waals surface area contributed by atoms with Crippen LogP contribution in [0.25, 0.3) is 0 Å². The third-order valence-electron chi connectivity index (χ3n) is 4.26. The van der Waals surface area contributed by atoms with Gasteiger partial charge >= 0.3 is 0 Å². The Morgan fingerprint density at radius 1 is 1.00 bits per heavy atom. The van der Waals surface area contributed by atoms with Crippen molar-refractivity contribution in [1.82, 2.24) is 5.32 Å². The molecule has 2 N–H and O–H groups in total. The Kier molecular flexibility index (Phi) is 5.40. The number of rotatable bonds is 3. The highest BCUT2D eigenvalue weighted by atomic mass is 35.5. The van der Waals surface area contributed by atoms with Gasteiger partial charge in [0.15, 0.2) is 0 Å². The van der Waals surface area contributed by atoms with Crippen molar-refractivity contribution in [2.75, 3.05) is 6.54 Å². The van der Waals surface area contributed by atoms with Crippen LogP contribution >= 0.6 is 12.4 Å². The van der Waals surface area contributed by atoms with Gasteiger partial charge in [-0.2, -0.15) is 0 Å². The van der Waals surface area contributed by atoms with E-state index in [0.717, 1.165) is 31.4 Å². The number of aliphatic hydroxyl groups is 1. The third-order valence-corrected chi connectivity index (χ3v) is 4.26. The van der Waals surface area contributed by atoms with E-state index in [1.165, 1.54) is 5.56 Å². The summed E-state index contributed by atoms with van der Waals surface area (Å²) in [6, 6.07) is 20.5. The molecule has 1 heterocycles. The summed E-state index contributed by atoms with van der Waals surface area (Å²) in [5, 5.41) is 14.7. The minimum atomic E-state index is -0.769. The van der Waals surface area contributed by atoms with Crippen LogP contribution in [0.1, 0.15) is 24.0 Å². The van der Waals surface area contributed by atoms with E-state index in [9.17, 15) is 5.11 Å². The molecule has 1 saturated heterocycles. The maximum absolute atomic E-state index is 11.2. The first kappa shape index (κ1) is 16.0. The number of benzene rings is 2. The van der Waals surface area contributed by atoms with Gasteiger partial charge in [0.1, 0.15) is 5.60 Å². The van der Waals surface area contributed by atoms with Gasteiger partial charge in [0.05, 0.1) is 0 Å². The summed E-state index contributed by atoms with van der Waals surface area (Å²) >= 11 is 0. The number of halogens is 1. The quantitative estimate of drug-likeness (QED) is 0.912. The third kappa shape index (κ3) is 3.46. The highest BCUT2D eigenvalue weighted by Gasteiger charge is 2.40. The van der Waals surface area contributed by atoms with Crippen molar-refractivity contribution in [3.8, 4) is 0 Å². The summed E-state index contributed by atoms with van der Waals surface area (Å²) in [6.07, 6.45) is 2.68. The molecule has 0 aliphatic carbocycles. The van der Waals surface area contributed by atoms with Crippen LogP contribution in [-0.2, 0) is 12.0 Å². The van der Waals surface area contributed by atoms with Crippen LogP contribution in [0.5, 0.6) is 0 Å². The smallest absolute Gasteiger partial charge is 0.105 e. The minimum absolute atomic E-state index is 0. The van der Waals surface area contributed by atoms with Crippen molar-refractivity contribution in [2.45, 2.75) is 30.9 Å². The SMILES string of the molecule is Cl.OC1(c2ccccc2)CCCNC1Cc1ccccc1. The molecule has 0 bridgehead atoms. The van der Waals surface area contributed by atoms with E-state index in [1.54, 1.807) is 0 Å². The zero-order valence-corrected chi connectivity index (χ0v) is 12.9. The highest BCUT2D eigenvalue weighted by Crippen LogP contribution is 2.34. The van der Waals surface area contributed by atoms with Crippen molar-refractivity contribution in [1.29, 1.82) is 0 Å². The second-order valence-corrected chi connectivity index (χ2v) is 5.59. The Labute approximate surface area is 132 Å². The van der Waals surface area contributed by atoms with E-state index in [-0.39, 0.29) is 18.4 Å². The Hall–Kier alpha value is -1.35. The summed E-state index contributed by atoms with van der Waals surface area (Å²) in [7, 11) is 0. The Morgan fingerprint density at radius 3 is 2.29 bits per heavy atom. The van der Waals surface area contributed by atoms with Gasteiger partial charge in [-0.25, -0.2) is 0 Å². The lowest BCUT2D eigenvalue weighted by atomic mass is 9.77. The van der Waals surface area contributed by atoms with Gasteiger partial charge in [0.2, 0.25) is 0 Å². The zero-order chi connectivity index (χ0) is 13.8. The van der Waals surface area contributed by atoms with Gasteiger partial charge < -0.3 is 10.4 Å². The maximum Gasteiger partial charge on any atom is 0.105 e. The van der Waals surface area contributed by atoms with Crippen LogP contribution in [0.4, 0.5) is 0 Å². The van der Waals surface area contributed by atoms with E-state index in [1.807, 2.05) is 36.4 Å². The first-order valence-electron chi connectivity index (χ1n) is 7.34. The van der Waals surface area contributed by atoms with Crippen molar-refractivity contribution in [3.05, 3.63) is 71.8 Å². The molecule has 2 atom stereocenters. The molecular formula is C18H22ClNO. The average molecular weight is 304 g/mol. The predicted octanol–water partition coefficient (Wildman–Crippen LogP) is 3.29. The molecule has 0 radical (unpaired) electrons. The minimum Gasteiger partial charge on any atom is -0.384 e. The summed E-state index contributed by atoms with van der Waals surface area (Å²) in [4.78, 5) is 0. The molecule has 1 aliphatic heterocycles. The fourth-order valence-electron chi connectivity index (χ4n) is 3.14. The molecule has 2 nitrogen and oxygen atoms in total. The molecule has 3 heteroatoms. The van der Waals surface area contributed by atoms with Gasteiger partial charge in [-0.3, -0.25) is 0 Å². The summed E-state index contributed by atoms with van der Waals surface area (Å²) in [5.74, 6) is 0. The van der Waals surface area contributed by atoms with Gasteiger partial charge in [-0.05, 0) is 36.9 Å². The maximum atomic E-state index is 11.2. The van der Waals surface area contributed by atoms with Crippen LogP contribution < -0.4 is 5.32 Å². The van der Waals surface area contributed by atoms with E-state index in [2.05, 4.69) is 29.6 Å². The molecule has 0 spiro atoms. The van der Waals surface area contributed by atoms with E-state index in [0.29, 0.717) is 0 Å². The number of hydrogen-bond donors (Lipinski definition) is 2. The van der Waals surface area contributed by atoms with E-state index >= 15 is 0 Å². The van der Waals surface area contributed by atoms with Crippen LogP contribution in [-0.4, -0.2) is 17.7 Å². The Bertz CT molecular complexity index is 546. The Balaban J connectivity index is 0.00000161. The molecule has 1 aliphatic rings. The standard InChI is InChI=1S/C18H21NO.ClH/c20-18(16-10-5-2-6-11-16)12-7-13-19-17(18)14-15-8-3-1-4-9-15;/h1-6,8-11,17,19-20H,7,12-14H2;1H. The van der Waals surface area contributed by atoms with Crippen molar-refractivity contribution in [2.24, 2.45) is 0 Å². The average Bonchev–Trinajstić information content (AvgIpc) is 2.52. The predicted molar refractivity (Wildman–Crippen MR) is 88.8 cm³/mol. The molecule has 2 aromatic rings. The highest BCUT2D eigenvalue weighted by molar-refractivity contribution is 5.85. The summed E-state index contributed by atoms with van der Waals surface area (Å²) < 4.78 is 0. The topological polar surface area (TPSA) is 32.3 Å². The van der Waals surface area contributed by atoms with Crippen LogP contribution in [0.3, 0.4) is 0 Å².